The van der Waals surface area contributed by atoms with E-state index in [1.165, 1.54) is 11.3 Å². The molecular weight excluding hydrogens is 334 g/mol. The zero-order valence-corrected chi connectivity index (χ0v) is 13.9. The molecule has 1 aromatic heterocycles. The molecule has 1 aliphatic heterocycles. The standard InChI is InChI=1S/C17H16ClNO3S/c18-15-7-6-12(23-15)8-16(20)19-9-13(14(10-19)17(21)22)11-4-2-1-3-5-11/h1-7,13-14H,8-10H2,(H,21,22)/t13-,14-/m1/s1. The number of hydrogen-bond donors (Lipinski definition) is 1. The number of carbonyl (C=O) groups is 2. The molecule has 3 rings (SSSR count). The lowest BCUT2D eigenvalue weighted by molar-refractivity contribution is -0.141. The molecule has 0 aliphatic carbocycles. The molecule has 2 aromatic rings. The summed E-state index contributed by atoms with van der Waals surface area (Å²) in [5, 5.41) is 9.48. The van der Waals surface area contributed by atoms with E-state index in [2.05, 4.69) is 0 Å². The fourth-order valence-electron chi connectivity index (χ4n) is 3.00. The summed E-state index contributed by atoms with van der Waals surface area (Å²) >= 11 is 7.27. The van der Waals surface area contributed by atoms with Crippen LogP contribution in [0, 0.1) is 5.92 Å². The number of thiophene rings is 1. The maximum absolute atomic E-state index is 12.5. The van der Waals surface area contributed by atoms with E-state index >= 15 is 0 Å². The summed E-state index contributed by atoms with van der Waals surface area (Å²) in [6.07, 6.45) is 0.269. The molecule has 1 aliphatic rings. The molecule has 120 valence electrons. The molecule has 0 spiro atoms. The van der Waals surface area contributed by atoms with Gasteiger partial charge in [0.25, 0.3) is 0 Å². The van der Waals surface area contributed by atoms with Gasteiger partial charge in [0, 0.05) is 23.9 Å². The van der Waals surface area contributed by atoms with Crippen molar-refractivity contribution in [2.75, 3.05) is 13.1 Å². The van der Waals surface area contributed by atoms with Crippen molar-refractivity contribution in [2.45, 2.75) is 12.3 Å². The van der Waals surface area contributed by atoms with Crippen LogP contribution in [0.25, 0.3) is 0 Å². The van der Waals surface area contributed by atoms with Gasteiger partial charge in [0.1, 0.15) is 0 Å². The molecule has 2 heterocycles. The number of hydrogen-bond acceptors (Lipinski definition) is 3. The Hall–Kier alpha value is -1.85. The van der Waals surface area contributed by atoms with Gasteiger partial charge in [-0.2, -0.15) is 0 Å². The minimum atomic E-state index is -0.853. The Morgan fingerprint density at radius 1 is 1.17 bits per heavy atom. The third-order valence-electron chi connectivity index (χ3n) is 4.17. The van der Waals surface area contributed by atoms with Gasteiger partial charge in [-0.1, -0.05) is 41.9 Å². The summed E-state index contributed by atoms with van der Waals surface area (Å²) in [4.78, 5) is 26.6. The number of carbonyl (C=O) groups excluding carboxylic acids is 1. The summed E-state index contributed by atoms with van der Waals surface area (Å²) in [5.74, 6) is -1.63. The second-order valence-corrected chi connectivity index (χ2v) is 7.44. The lowest BCUT2D eigenvalue weighted by atomic mass is 9.89. The molecule has 23 heavy (non-hydrogen) atoms. The predicted molar refractivity (Wildman–Crippen MR) is 89.9 cm³/mol. The van der Waals surface area contributed by atoms with Crippen molar-refractivity contribution in [2.24, 2.45) is 5.92 Å². The molecular formula is C17H16ClNO3S. The first kappa shape index (κ1) is 16.0. The highest BCUT2D eigenvalue weighted by Crippen LogP contribution is 2.33. The molecule has 1 amide bonds. The van der Waals surface area contributed by atoms with Crippen molar-refractivity contribution >= 4 is 34.8 Å². The summed E-state index contributed by atoms with van der Waals surface area (Å²) in [6.45, 7) is 0.700. The van der Waals surface area contributed by atoms with Crippen LogP contribution < -0.4 is 0 Å². The van der Waals surface area contributed by atoms with E-state index in [4.69, 9.17) is 11.6 Å². The third-order valence-corrected chi connectivity index (χ3v) is 5.40. The van der Waals surface area contributed by atoms with Gasteiger partial charge >= 0.3 is 5.97 Å². The van der Waals surface area contributed by atoms with Crippen molar-refractivity contribution in [1.29, 1.82) is 0 Å². The largest absolute Gasteiger partial charge is 0.481 e. The number of halogens is 1. The molecule has 0 radical (unpaired) electrons. The van der Waals surface area contributed by atoms with Gasteiger partial charge in [-0.25, -0.2) is 0 Å². The zero-order chi connectivity index (χ0) is 16.4. The Bertz CT molecular complexity index is 716. The van der Waals surface area contributed by atoms with Crippen LogP contribution in [0.15, 0.2) is 42.5 Å². The van der Waals surface area contributed by atoms with Gasteiger partial charge in [0.2, 0.25) is 5.91 Å². The van der Waals surface area contributed by atoms with Gasteiger partial charge in [-0.15, -0.1) is 11.3 Å². The smallest absolute Gasteiger partial charge is 0.308 e. The van der Waals surface area contributed by atoms with E-state index in [1.54, 1.807) is 11.0 Å². The Morgan fingerprint density at radius 2 is 1.91 bits per heavy atom. The first-order valence-corrected chi connectivity index (χ1v) is 8.54. The first-order valence-electron chi connectivity index (χ1n) is 7.34. The van der Waals surface area contributed by atoms with Crippen LogP contribution >= 0.6 is 22.9 Å². The maximum Gasteiger partial charge on any atom is 0.308 e. The number of carboxylic acid groups (broad SMARTS) is 1. The van der Waals surface area contributed by atoms with Gasteiger partial charge < -0.3 is 10.0 Å². The van der Waals surface area contributed by atoms with E-state index < -0.39 is 11.9 Å². The van der Waals surface area contributed by atoms with Crippen LogP contribution in [0.5, 0.6) is 0 Å². The molecule has 0 unspecified atom stereocenters. The van der Waals surface area contributed by atoms with Gasteiger partial charge in [0.05, 0.1) is 16.7 Å². The first-order chi connectivity index (χ1) is 11.0. The summed E-state index contributed by atoms with van der Waals surface area (Å²) in [7, 11) is 0. The minimum absolute atomic E-state index is 0.0480. The third kappa shape index (κ3) is 3.57. The Labute approximate surface area is 143 Å². The number of aliphatic carboxylic acids is 1. The lowest BCUT2D eigenvalue weighted by Crippen LogP contribution is -2.31. The van der Waals surface area contributed by atoms with Crippen LogP contribution in [0.1, 0.15) is 16.4 Å². The van der Waals surface area contributed by atoms with Gasteiger partial charge in [-0.3, -0.25) is 9.59 Å². The molecule has 2 atom stereocenters. The van der Waals surface area contributed by atoms with Crippen molar-refractivity contribution < 1.29 is 14.7 Å². The van der Waals surface area contributed by atoms with E-state index in [1.807, 2.05) is 36.4 Å². The van der Waals surface area contributed by atoms with Crippen LogP contribution in [0.2, 0.25) is 4.34 Å². The number of benzene rings is 1. The highest BCUT2D eigenvalue weighted by atomic mass is 35.5. The number of nitrogens with zero attached hydrogens (tertiary/aromatic N) is 1. The monoisotopic (exact) mass is 349 g/mol. The molecule has 0 saturated carbocycles. The highest BCUT2D eigenvalue weighted by molar-refractivity contribution is 7.16. The van der Waals surface area contributed by atoms with Crippen LogP contribution in [-0.4, -0.2) is 35.0 Å². The molecule has 0 bridgehead atoms. The van der Waals surface area contributed by atoms with E-state index in [9.17, 15) is 14.7 Å². The van der Waals surface area contributed by atoms with Crippen LogP contribution in [0.4, 0.5) is 0 Å². The van der Waals surface area contributed by atoms with Crippen molar-refractivity contribution in [3.8, 4) is 0 Å². The second-order valence-electron chi connectivity index (χ2n) is 5.64. The average molecular weight is 350 g/mol. The lowest BCUT2D eigenvalue weighted by Gasteiger charge is -2.16. The quantitative estimate of drug-likeness (QED) is 0.921. The molecule has 4 nitrogen and oxygen atoms in total. The fourth-order valence-corrected chi connectivity index (χ4v) is 4.08. The Morgan fingerprint density at radius 3 is 2.52 bits per heavy atom. The average Bonchev–Trinajstić information content (AvgIpc) is 3.15. The van der Waals surface area contributed by atoms with Crippen molar-refractivity contribution in [3.63, 3.8) is 0 Å². The van der Waals surface area contributed by atoms with E-state index in [0.29, 0.717) is 10.9 Å². The number of carboxylic acids is 1. The minimum Gasteiger partial charge on any atom is -0.481 e. The zero-order valence-electron chi connectivity index (χ0n) is 12.3. The summed E-state index contributed by atoms with van der Waals surface area (Å²) in [5.41, 5.74) is 0.967. The maximum atomic E-state index is 12.5. The van der Waals surface area contributed by atoms with E-state index in [-0.39, 0.29) is 24.8 Å². The van der Waals surface area contributed by atoms with Crippen LogP contribution in [-0.2, 0) is 16.0 Å². The number of rotatable bonds is 4. The summed E-state index contributed by atoms with van der Waals surface area (Å²) < 4.78 is 0.653. The molecule has 1 saturated heterocycles. The second kappa shape index (κ2) is 6.72. The van der Waals surface area contributed by atoms with Crippen molar-refractivity contribution in [3.05, 3.63) is 57.2 Å². The van der Waals surface area contributed by atoms with Crippen molar-refractivity contribution in [1.82, 2.24) is 4.90 Å². The normalized spacial score (nSPS) is 20.7. The topological polar surface area (TPSA) is 57.6 Å². The molecule has 1 aromatic carbocycles. The Balaban J connectivity index is 1.74. The van der Waals surface area contributed by atoms with E-state index in [0.717, 1.165) is 10.4 Å². The molecule has 1 fully saturated rings. The SMILES string of the molecule is O=C(O)[C@@H]1CN(C(=O)Cc2ccc(Cl)s2)C[C@@H]1c1ccccc1. The van der Waals surface area contributed by atoms with Gasteiger partial charge in [0.15, 0.2) is 0 Å². The fraction of sp³-hybridized carbons (Fsp3) is 0.294. The van der Waals surface area contributed by atoms with Gasteiger partial charge in [-0.05, 0) is 17.7 Å². The van der Waals surface area contributed by atoms with Crippen LogP contribution in [0.3, 0.4) is 0 Å². The summed E-state index contributed by atoms with van der Waals surface area (Å²) in [6, 6.07) is 13.1. The highest BCUT2D eigenvalue weighted by Gasteiger charge is 2.40. The molecule has 6 heteroatoms. The number of likely N-dealkylation sites (tertiary alicyclic amines) is 1. The molecule has 1 N–H and O–H groups in total. The Kier molecular flexibility index (Phi) is 4.68. The number of amides is 1. The predicted octanol–water partition coefficient (Wildman–Crippen LogP) is 3.27.